The van der Waals surface area contributed by atoms with E-state index in [1.807, 2.05) is 0 Å². The molecule has 0 aliphatic carbocycles. The second kappa shape index (κ2) is 6.13. The number of hydrogen-bond donors (Lipinski definition) is 0. The van der Waals surface area contributed by atoms with Crippen LogP contribution in [0, 0.1) is 5.82 Å². The fourth-order valence-corrected chi connectivity index (χ4v) is 2.15. The van der Waals surface area contributed by atoms with Crippen LogP contribution in [0.15, 0.2) is 27.9 Å². The average Bonchev–Trinajstić information content (AvgIpc) is 2.44. The molecule has 1 aromatic carbocycles. The minimum absolute atomic E-state index is 0.143. The van der Waals surface area contributed by atoms with Gasteiger partial charge in [-0.25, -0.2) is 17.6 Å². The van der Waals surface area contributed by atoms with Gasteiger partial charge in [-0.1, -0.05) is 11.6 Å². The summed E-state index contributed by atoms with van der Waals surface area (Å²) in [5, 5.41) is 3.39. The summed E-state index contributed by atoms with van der Waals surface area (Å²) < 4.78 is 42.7. The lowest BCUT2D eigenvalue weighted by Crippen LogP contribution is -2.38. The summed E-state index contributed by atoms with van der Waals surface area (Å²) in [6.45, 7) is 0. The molecule has 0 radical (unpaired) electrons. The number of sulfone groups is 1. The minimum Gasteiger partial charge on any atom is -0.476 e. The van der Waals surface area contributed by atoms with Gasteiger partial charge >= 0.3 is 5.69 Å². The summed E-state index contributed by atoms with van der Waals surface area (Å²) >= 11 is 5.79. The predicted molar refractivity (Wildman–Crippen MR) is 80.4 cm³/mol. The van der Waals surface area contributed by atoms with Crippen LogP contribution < -0.4 is 16.0 Å². The summed E-state index contributed by atoms with van der Waals surface area (Å²) in [6, 6.07) is 1.88. The van der Waals surface area contributed by atoms with Gasteiger partial charge in [0.2, 0.25) is 0 Å². The van der Waals surface area contributed by atoms with Crippen molar-refractivity contribution in [2.45, 2.75) is 0 Å². The molecule has 11 heteroatoms. The van der Waals surface area contributed by atoms with Gasteiger partial charge in [0, 0.05) is 19.4 Å². The molecule has 8 nitrogen and oxygen atoms in total. The monoisotopic (exact) mass is 363 g/mol. The van der Waals surface area contributed by atoms with E-state index in [9.17, 15) is 22.4 Å². The zero-order valence-electron chi connectivity index (χ0n) is 12.0. The largest absolute Gasteiger partial charge is 0.476 e. The van der Waals surface area contributed by atoms with Crippen molar-refractivity contribution in [2.24, 2.45) is 7.05 Å². The summed E-state index contributed by atoms with van der Waals surface area (Å²) in [6.07, 6.45) is 1.79. The van der Waals surface area contributed by atoms with Crippen LogP contribution in [0.3, 0.4) is 0 Å². The van der Waals surface area contributed by atoms with Crippen molar-refractivity contribution in [3.63, 3.8) is 0 Å². The Kier molecular flexibility index (Phi) is 4.57. The first kappa shape index (κ1) is 17.2. The summed E-state index contributed by atoms with van der Waals surface area (Å²) in [4.78, 5) is 23.3. The molecule has 0 atom stereocenters. The Bertz CT molecular complexity index is 983. The Morgan fingerprint density at radius 2 is 2.00 bits per heavy atom. The van der Waals surface area contributed by atoms with Gasteiger partial charge in [0.1, 0.15) is 17.6 Å². The van der Waals surface area contributed by atoms with Gasteiger partial charge in [0.25, 0.3) is 5.56 Å². The van der Waals surface area contributed by atoms with Gasteiger partial charge < -0.3 is 4.74 Å². The average molecular weight is 364 g/mol. The third-order valence-corrected chi connectivity index (χ3v) is 3.58. The van der Waals surface area contributed by atoms with Crippen molar-refractivity contribution < 1.29 is 17.5 Å². The number of rotatable bonds is 4. The number of aromatic nitrogens is 3. The second-order valence-corrected chi connectivity index (χ2v) is 7.15. The Balaban J connectivity index is 2.58. The first-order chi connectivity index (χ1) is 10.6. The molecule has 0 unspecified atom stereocenters. The second-order valence-electron chi connectivity index (χ2n) is 4.66. The Morgan fingerprint density at radius 1 is 1.35 bits per heavy atom. The Hall–Kier alpha value is -2.20. The quantitative estimate of drug-likeness (QED) is 0.764. The summed E-state index contributed by atoms with van der Waals surface area (Å²) in [7, 11) is -2.25. The molecule has 0 spiro atoms. The van der Waals surface area contributed by atoms with Crippen molar-refractivity contribution in [2.75, 3.05) is 12.2 Å². The molecular formula is C12H11ClFN3O5S. The van der Waals surface area contributed by atoms with E-state index in [1.54, 1.807) is 0 Å². The van der Waals surface area contributed by atoms with Crippen LogP contribution in [0.4, 0.5) is 4.39 Å². The fraction of sp³-hybridized carbons (Fsp3) is 0.250. The lowest BCUT2D eigenvalue weighted by atomic mass is 10.3. The molecule has 0 N–H and O–H groups in total. The molecular weight excluding hydrogens is 353 g/mol. The topological polar surface area (TPSA) is 100 Å². The third kappa shape index (κ3) is 3.77. The van der Waals surface area contributed by atoms with Crippen molar-refractivity contribution >= 4 is 21.4 Å². The maximum Gasteiger partial charge on any atom is 0.352 e. The highest BCUT2D eigenvalue weighted by atomic mass is 35.5. The summed E-state index contributed by atoms with van der Waals surface area (Å²) in [5.41, 5.74) is -1.87. The molecule has 0 saturated heterocycles. The van der Waals surface area contributed by atoms with E-state index in [1.165, 1.54) is 7.05 Å². The number of halogens is 2. The molecule has 0 fully saturated rings. The maximum absolute atomic E-state index is 14.1. The molecule has 1 heterocycles. The van der Waals surface area contributed by atoms with Crippen LogP contribution in [-0.2, 0) is 16.9 Å². The van der Waals surface area contributed by atoms with Crippen LogP contribution in [0.2, 0.25) is 5.02 Å². The first-order valence-corrected chi connectivity index (χ1v) is 8.49. The van der Waals surface area contributed by atoms with Crippen LogP contribution >= 0.6 is 11.6 Å². The molecule has 0 amide bonds. The van der Waals surface area contributed by atoms with E-state index in [0.29, 0.717) is 4.68 Å². The van der Waals surface area contributed by atoms with E-state index in [2.05, 4.69) is 5.10 Å². The SMILES string of the molecule is Cn1c(=O)cnn(-c2cc(OCS(C)(=O)=O)c(Cl)cc2F)c1=O. The number of ether oxygens (including phenoxy) is 1. The Labute approximate surface area is 134 Å². The van der Waals surface area contributed by atoms with E-state index in [4.69, 9.17) is 16.3 Å². The molecule has 0 aliphatic heterocycles. The third-order valence-electron chi connectivity index (χ3n) is 2.74. The highest BCUT2D eigenvalue weighted by molar-refractivity contribution is 7.90. The molecule has 0 saturated carbocycles. The molecule has 0 aliphatic rings. The summed E-state index contributed by atoms with van der Waals surface area (Å²) in [5.74, 6) is -1.71. The molecule has 23 heavy (non-hydrogen) atoms. The highest BCUT2D eigenvalue weighted by Crippen LogP contribution is 2.29. The zero-order chi connectivity index (χ0) is 17.4. The maximum atomic E-state index is 14.1. The van der Waals surface area contributed by atoms with Crippen LogP contribution in [0.5, 0.6) is 5.75 Å². The fourth-order valence-electron chi connectivity index (χ4n) is 1.61. The van der Waals surface area contributed by atoms with Gasteiger partial charge in [-0.3, -0.25) is 9.36 Å². The normalized spacial score (nSPS) is 11.5. The molecule has 0 bridgehead atoms. The highest BCUT2D eigenvalue weighted by Gasteiger charge is 2.16. The van der Waals surface area contributed by atoms with Crippen molar-refractivity contribution in [3.05, 3.63) is 50.0 Å². The minimum atomic E-state index is -3.45. The number of hydrogen-bond acceptors (Lipinski definition) is 6. The lowest BCUT2D eigenvalue weighted by Gasteiger charge is -2.11. The van der Waals surface area contributed by atoms with Crippen molar-refractivity contribution in [1.82, 2.24) is 14.3 Å². The van der Waals surface area contributed by atoms with Crippen molar-refractivity contribution in [3.8, 4) is 11.4 Å². The Morgan fingerprint density at radius 3 is 2.61 bits per heavy atom. The van der Waals surface area contributed by atoms with Crippen LogP contribution in [-0.4, -0.2) is 35.0 Å². The van der Waals surface area contributed by atoms with Gasteiger partial charge in [0.15, 0.2) is 21.6 Å². The van der Waals surface area contributed by atoms with E-state index >= 15 is 0 Å². The zero-order valence-corrected chi connectivity index (χ0v) is 13.6. The van der Waals surface area contributed by atoms with Crippen LogP contribution in [0.25, 0.3) is 5.69 Å². The van der Waals surface area contributed by atoms with Gasteiger partial charge in [-0.05, 0) is 6.07 Å². The first-order valence-electron chi connectivity index (χ1n) is 6.05. The molecule has 2 aromatic rings. The number of nitrogens with zero attached hydrogens (tertiary/aromatic N) is 3. The lowest BCUT2D eigenvalue weighted by molar-refractivity contribution is 0.377. The van der Waals surface area contributed by atoms with Gasteiger partial charge in [0.05, 0.1) is 5.02 Å². The van der Waals surface area contributed by atoms with Crippen LogP contribution in [0.1, 0.15) is 0 Å². The van der Waals surface area contributed by atoms with E-state index in [0.717, 1.165) is 29.2 Å². The smallest absolute Gasteiger partial charge is 0.352 e. The van der Waals surface area contributed by atoms with Gasteiger partial charge in [-0.2, -0.15) is 9.78 Å². The van der Waals surface area contributed by atoms with E-state index < -0.39 is 32.8 Å². The van der Waals surface area contributed by atoms with E-state index in [-0.39, 0.29) is 16.5 Å². The number of benzene rings is 1. The van der Waals surface area contributed by atoms with Gasteiger partial charge in [-0.15, -0.1) is 0 Å². The van der Waals surface area contributed by atoms with Crippen molar-refractivity contribution in [1.29, 1.82) is 0 Å². The molecule has 124 valence electrons. The predicted octanol–water partition coefficient (Wildman–Crippen LogP) is 0.105. The molecule has 1 aromatic heterocycles. The molecule has 2 rings (SSSR count). The standard InChI is InChI=1S/C12H11ClFN3O5S/c1-16-11(18)5-15-17(12(16)19)9-4-10(7(13)3-8(9)14)22-6-23(2,20)21/h3-5H,6H2,1-2H3.